The van der Waals surface area contributed by atoms with Gasteiger partial charge in [0.15, 0.2) is 0 Å². The number of nitrogens with zero attached hydrogens (tertiary/aromatic N) is 1. The molecule has 0 spiro atoms. The number of rotatable bonds is 6. The molecule has 1 N–H and O–H groups in total. The van der Waals surface area contributed by atoms with Gasteiger partial charge in [0.1, 0.15) is 5.15 Å². The van der Waals surface area contributed by atoms with E-state index in [4.69, 9.17) is 11.6 Å². The molecule has 0 radical (unpaired) electrons. The molecule has 100 valence electrons. The second-order valence-corrected chi connectivity index (χ2v) is 5.55. The second kappa shape index (κ2) is 7.64. The first kappa shape index (κ1) is 15.3. The van der Waals surface area contributed by atoms with Crippen LogP contribution < -0.4 is 5.32 Å². The third-order valence-corrected chi connectivity index (χ3v) is 3.44. The van der Waals surface area contributed by atoms with Gasteiger partial charge in [-0.05, 0) is 43.9 Å². The zero-order valence-electron chi connectivity index (χ0n) is 11.0. The first-order chi connectivity index (χ1) is 8.56. The van der Waals surface area contributed by atoms with E-state index in [0.29, 0.717) is 10.7 Å². The third-order valence-electron chi connectivity index (χ3n) is 2.60. The van der Waals surface area contributed by atoms with E-state index in [1.165, 1.54) is 0 Å². The van der Waals surface area contributed by atoms with Gasteiger partial charge >= 0.3 is 0 Å². The molecule has 0 aliphatic carbocycles. The van der Waals surface area contributed by atoms with E-state index in [0.717, 1.165) is 24.3 Å². The van der Waals surface area contributed by atoms with Gasteiger partial charge in [0.25, 0.3) is 5.91 Å². The maximum Gasteiger partial charge on any atom is 0.251 e. The summed E-state index contributed by atoms with van der Waals surface area (Å²) in [5.41, 5.74) is 1.42. The van der Waals surface area contributed by atoms with E-state index in [9.17, 15) is 4.79 Å². The minimum absolute atomic E-state index is 0.0809. The summed E-state index contributed by atoms with van der Waals surface area (Å²) < 4.78 is 0. The fraction of sp³-hybridized carbons (Fsp3) is 0.538. The number of thioether (sulfide) groups is 1. The first-order valence-electron chi connectivity index (χ1n) is 6.03. The summed E-state index contributed by atoms with van der Waals surface area (Å²) in [6.07, 6.45) is 3.79. The van der Waals surface area contributed by atoms with Gasteiger partial charge in [0, 0.05) is 17.3 Å². The Balaban J connectivity index is 2.68. The summed E-state index contributed by atoms with van der Waals surface area (Å²) in [5.74, 6) is 0.960. The molecule has 0 saturated carbocycles. The Morgan fingerprint density at radius 1 is 1.56 bits per heavy atom. The molecule has 1 unspecified atom stereocenters. The van der Waals surface area contributed by atoms with Crippen LogP contribution >= 0.6 is 23.4 Å². The van der Waals surface area contributed by atoms with Crippen molar-refractivity contribution in [3.05, 3.63) is 28.5 Å². The maximum absolute atomic E-state index is 12.0. The highest BCUT2D eigenvalue weighted by atomic mass is 35.5. The zero-order valence-corrected chi connectivity index (χ0v) is 12.6. The van der Waals surface area contributed by atoms with Crippen LogP contribution in [-0.2, 0) is 6.42 Å². The van der Waals surface area contributed by atoms with Crippen LogP contribution in [0.5, 0.6) is 0 Å². The Labute approximate surface area is 118 Å². The van der Waals surface area contributed by atoms with Gasteiger partial charge in [-0.15, -0.1) is 0 Å². The molecule has 0 saturated heterocycles. The number of carbonyl (C=O) groups is 1. The highest BCUT2D eigenvalue weighted by molar-refractivity contribution is 7.98. The van der Waals surface area contributed by atoms with E-state index in [2.05, 4.69) is 16.6 Å². The van der Waals surface area contributed by atoms with Crippen LogP contribution in [-0.4, -0.2) is 28.9 Å². The summed E-state index contributed by atoms with van der Waals surface area (Å²) in [6.45, 7) is 4.00. The first-order valence-corrected chi connectivity index (χ1v) is 7.80. The molecule has 1 aromatic rings. The topological polar surface area (TPSA) is 42.0 Å². The monoisotopic (exact) mass is 286 g/mol. The molecule has 0 aliphatic heterocycles. The van der Waals surface area contributed by atoms with Gasteiger partial charge in [-0.3, -0.25) is 4.79 Å². The molecule has 1 aromatic heterocycles. The molecule has 0 bridgehead atoms. The zero-order chi connectivity index (χ0) is 13.5. The van der Waals surface area contributed by atoms with Crippen molar-refractivity contribution in [1.82, 2.24) is 10.3 Å². The standard InChI is InChI=1S/C13H19ClN2OS/c1-4-11-7-10(8-12(14)16-11)13(17)15-9(2)5-6-18-3/h7-9H,4-6H2,1-3H3,(H,15,17). The number of pyridine rings is 1. The summed E-state index contributed by atoms with van der Waals surface area (Å²) in [4.78, 5) is 16.2. The number of hydrogen-bond donors (Lipinski definition) is 1. The third kappa shape index (κ3) is 4.86. The van der Waals surface area contributed by atoms with E-state index >= 15 is 0 Å². The lowest BCUT2D eigenvalue weighted by molar-refractivity contribution is 0.0939. The lowest BCUT2D eigenvalue weighted by Gasteiger charge is -2.13. The second-order valence-electron chi connectivity index (χ2n) is 4.18. The number of hydrogen-bond acceptors (Lipinski definition) is 3. The number of aromatic nitrogens is 1. The van der Waals surface area contributed by atoms with Crippen molar-refractivity contribution >= 4 is 29.3 Å². The average molecular weight is 287 g/mol. The Bertz CT molecular complexity index is 412. The van der Waals surface area contributed by atoms with Gasteiger partial charge in [0.2, 0.25) is 0 Å². The number of aryl methyl sites for hydroxylation is 1. The Kier molecular flexibility index (Phi) is 6.50. The highest BCUT2D eigenvalue weighted by Gasteiger charge is 2.11. The molecule has 1 atom stereocenters. The van der Waals surface area contributed by atoms with Crippen molar-refractivity contribution < 1.29 is 4.79 Å². The van der Waals surface area contributed by atoms with Crippen LogP contribution in [0.3, 0.4) is 0 Å². The minimum atomic E-state index is -0.0809. The predicted molar refractivity (Wildman–Crippen MR) is 78.6 cm³/mol. The number of carbonyl (C=O) groups excluding carboxylic acids is 1. The van der Waals surface area contributed by atoms with Gasteiger partial charge in [0.05, 0.1) is 0 Å². The van der Waals surface area contributed by atoms with Crippen LogP contribution in [0.2, 0.25) is 5.15 Å². The largest absolute Gasteiger partial charge is 0.350 e. The molecule has 0 aromatic carbocycles. The summed E-state index contributed by atoms with van der Waals surface area (Å²) in [6, 6.07) is 3.57. The SMILES string of the molecule is CCc1cc(C(=O)NC(C)CCSC)cc(Cl)n1. The quantitative estimate of drug-likeness (QED) is 0.817. The summed E-state index contributed by atoms with van der Waals surface area (Å²) >= 11 is 7.68. The van der Waals surface area contributed by atoms with Crippen LogP contribution in [0.1, 0.15) is 36.3 Å². The number of amides is 1. The lowest BCUT2D eigenvalue weighted by Crippen LogP contribution is -2.33. The molecule has 1 heterocycles. The van der Waals surface area contributed by atoms with E-state index in [-0.39, 0.29) is 11.9 Å². The molecule has 1 rings (SSSR count). The van der Waals surface area contributed by atoms with Crippen molar-refractivity contribution in [2.75, 3.05) is 12.0 Å². The average Bonchev–Trinajstić information content (AvgIpc) is 2.35. The van der Waals surface area contributed by atoms with Crippen molar-refractivity contribution in [2.45, 2.75) is 32.7 Å². The fourth-order valence-corrected chi connectivity index (χ4v) is 2.35. The van der Waals surface area contributed by atoms with E-state index in [1.54, 1.807) is 23.9 Å². The van der Waals surface area contributed by atoms with Crippen LogP contribution in [0.15, 0.2) is 12.1 Å². The molecule has 0 aliphatic rings. The van der Waals surface area contributed by atoms with E-state index < -0.39 is 0 Å². The molecular weight excluding hydrogens is 268 g/mol. The number of halogens is 1. The Morgan fingerprint density at radius 2 is 2.28 bits per heavy atom. The highest BCUT2D eigenvalue weighted by Crippen LogP contribution is 2.12. The molecule has 5 heteroatoms. The molecule has 1 amide bonds. The van der Waals surface area contributed by atoms with Crippen molar-refractivity contribution in [2.24, 2.45) is 0 Å². The summed E-state index contributed by atoms with van der Waals surface area (Å²) in [5, 5.41) is 3.34. The maximum atomic E-state index is 12.0. The summed E-state index contributed by atoms with van der Waals surface area (Å²) in [7, 11) is 0. The van der Waals surface area contributed by atoms with Gasteiger partial charge in [-0.25, -0.2) is 4.98 Å². The van der Waals surface area contributed by atoms with Crippen molar-refractivity contribution in [3.63, 3.8) is 0 Å². The molecule has 0 fully saturated rings. The predicted octanol–water partition coefficient (Wildman–Crippen LogP) is 3.17. The van der Waals surface area contributed by atoms with Crippen molar-refractivity contribution in [1.29, 1.82) is 0 Å². The van der Waals surface area contributed by atoms with Crippen LogP contribution in [0.4, 0.5) is 0 Å². The normalized spacial score (nSPS) is 12.2. The van der Waals surface area contributed by atoms with Crippen LogP contribution in [0.25, 0.3) is 0 Å². The molecule has 3 nitrogen and oxygen atoms in total. The van der Waals surface area contributed by atoms with Crippen molar-refractivity contribution in [3.8, 4) is 0 Å². The Hall–Kier alpha value is -0.740. The lowest BCUT2D eigenvalue weighted by atomic mass is 10.1. The van der Waals surface area contributed by atoms with Gasteiger partial charge < -0.3 is 5.32 Å². The molecule has 18 heavy (non-hydrogen) atoms. The fourth-order valence-electron chi connectivity index (χ4n) is 1.54. The van der Waals surface area contributed by atoms with Crippen LogP contribution in [0, 0.1) is 0 Å². The smallest absolute Gasteiger partial charge is 0.251 e. The Morgan fingerprint density at radius 3 is 2.89 bits per heavy atom. The van der Waals surface area contributed by atoms with Gasteiger partial charge in [-0.2, -0.15) is 11.8 Å². The molecular formula is C13H19ClN2OS. The number of nitrogens with one attached hydrogen (secondary N) is 1. The minimum Gasteiger partial charge on any atom is -0.350 e. The van der Waals surface area contributed by atoms with E-state index in [1.807, 2.05) is 13.8 Å². The van der Waals surface area contributed by atoms with Gasteiger partial charge in [-0.1, -0.05) is 18.5 Å².